The Labute approximate surface area is 116 Å². The molecule has 5 heteroatoms. The first-order chi connectivity index (χ1) is 8.50. The van der Waals surface area contributed by atoms with Crippen molar-refractivity contribution >= 4 is 35.0 Å². The quantitative estimate of drug-likeness (QED) is 0.604. The Morgan fingerprint density at radius 1 is 1.00 bits per heavy atom. The van der Waals surface area contributed by atoms with E-state index in [1.165, 1.54) is 0 Å². The lowest BCUT2D eigenvalue weighted by molar-refractivity contribution is -0.137. The summed E-state index contributed by atoms with van der Waals surface area (Å²) >= 11 is 11.6. The van der Waals surface area contributed by atoms with E-state index in [9.17, 15) is 9.59 Å². The van der Waals surface area contributed by atoms with Crippen LogP contribution >= 0.6 is 23.2 Å². The zero-order valence-corrected chi connectivity index (χ0v) is 11.3. The maximum absolute atomic E-state index is 11.8. The molecule has 3 nitrogen and oxygen atoms in total. The summed E-state index contributed by atoms with van der Waals surface area (Å²) < 4.78 is 0. The highest BCUT2D eigenvalue weighted by molar-refractivity contribution is 6.42. The molecule has 0 fully saturated rings. The molecular weight excluding hydrogens is 275 g/mol. The van der Waals surface area contributed by atoms with Crippen LogP contribution < -0.4 is 0 Å². The molecule has 98 valence electrons. The summed E-state index contributed by atoms with van der Waals surface area (Å²) in [5.74, 6) is -0.797. The van der Waals surface area contributed by atoms with E-state index < -0.39 is 5.97 Å². The van der Waals surface area contributed by atoms with Crippen LogP contribution in [0.15, 0.2) is 18.2 Å². The summed E-state index contributed by atoms with van der Waals surface area (Å²) in [7, 11) is 0. The van der Waals surface area contributed by atoms with Gasteiger partial charge < -0.3 is 5.11 Å². The van der Waals surface area contributed by atoms with Crippen LogP contribution in [0.5, 0.6) is 0 Å². The minimum absolute atomic E-state index is 0.00360. The molecule has 0 amide bonds. The number of benzene rings is 1. The lowest BCUT2D eigenvalue weighted by Crippen LogP contribution is -1.99. The number of ketones is 1. The first-order valence-corrected chi connectivity index (χ1v) is 6.46. The molecule has 0 radical (unpaired) electrons. The Balaban J connectivity index is 2.36. The van der Waals surface area contributed by atoms with Crippen molar-refractivity contribution < 1.29 is 14.7 Å². The summed E-state index contributed by atoms with van der Waals surface area (Å²) in [5, 5.41) is 9.26. The Kier molecular flexibility index (Phi) is 6.16. The molecule has 18 heavy (non-hydrogen) atoms. The van der Waals surface area contributed by atoms with Gasteiger partial charge in [-0.3, -0.25) is 9.59 Å². The molecule has 0 heterocycles. The van der Waals surface area contributed by atoms with Gasteiger partial charge in [-0.25, -0.2) is 0 Å². The fraction of sp³-hybridized carbons (Fsp3) is 0.385. The third-order valence-electron chi connectivity index (χ3n) is 2.54. The van der Waals surface area contributed by atoms with E-state index in [2.05, 4.69) is 0 Å². The molecule has 1 aromatic carbocycles. The number of Topliss-reactive ketones (excluding diaryl/α,β-unsaturated/α-hetero) is 1. The van der Waals surface area contributed by atoms with Gasteiger partial charge in [0, 0.05) is 18.4 Å². The zero-order chi connectivity index (χ0) is 13.5. The Morgan fingerprint density at radius 2 is 1.67 bits per heavy atom. The Morgan fingerprint density at radius 3 is 2.28 bits per heavy atom. The highest BCUT2D eigenvalue weighted by Crippen LogP contribution is 2.23. The van der Waals surface area contributed by atoms with Gasteiger partial charge >= 0.3 is 5.97 Å². The van der Waals surface area contributed by atoms with E-state index in [0.717, 1.165) is 6.42 Å². The van der Waals surface area contributed by atoms with Crippen molar-refractivity contribution in [3.05, 3.63) is 33.8 Å². The number of rotatable bonds is 7. The van der Waals surface area contributed by atoms with Crippen molar-refractivity contribution in [2.75, 3.05) is 0 Å². The van der Waals surface area contributed by atoms with E-state index >= 15 is 0 Å². The van der Waals surface area contributed by atoms with Crippen molar-refractivity contribution in [1.29, 1.82) is 0 Å². The second-order valence-corrected chi connectivity index (χ2v) is 4.82. The molecule has 1 aromatic rings. The molecule has 1 N–H and O–H groups in total. The molecule has 0 atom stereocenters. The third kappa shape index (κ3) is 5.07. The first kappa shape index (κ1) is 15.0. The lowest BCUT2D eigenvalue weighted by atomic mass is 10.0. The van der Waals surface area contributed by atoms with Crippen molar-refractivity contribution in [1.82, 2.24) is 0 Å². The molecule has 0 aliphatic carbocycles. The second-order valence-electron chi connectivity index (χ2n) is 4.01. The van der Waals surface area contributed by atoms with Crippen molar-refractivity contribution in [2.45, 2.75) is 32.1 Å². The molecule has 0 spiro atoms. The minimum atomic E-state index is -0.800. The fourth-order valence-corrected chi connectivity index (χ4v) is 1.85. The average Bonchev–Trinajstić information content (AvgIpc) is 2.31. The number of hydrogen-bond acceptors (Lipinski definition) is 2. The summed E-state index contributed by atoms with van der Waals surface area (Å²) in [5.41, 5.74) is 0.544. The summed E-state index contributed by atoms with van der Waals surface area (Å²) in [4.78, 5) is 22.1. The molecule has 0 bridgehead atoms. The number of hydrogen-bond donors (Lipinski definition) is 1. The smallest absolute Gasteiger partial charge is 0.303 e. The van der Waals surface area contributed by atoms with Gasteiger partial charge in [0.2, 0.25) is 0 Å². The number of carboxylic acids is 1. The highest BCUT2D eigenvalue weighted by atomic mass is 35.5. The number of unbranched alkanes of at least 4 members (excludes halogenated alkanes) is 2. The molecule has 0 aliphatic heterocycles. The average molecular weight is 289 g/mol. The predicted molar refractivity (Wildman–Crippen MR) is 71.5 cm³/mol. The first-order valence-electron chi connectivity index (χ1n) is 5.70. The number of halogens is 2. The van der Waals surface area contributed by atoms with Crippen LogP contribution in [-0.4, -0.2) is 16.9 Å². The van der Waals surface area contributed by atoms with Gasteiger partial charge in [-0.15, -0.1) is 0 Å². The van der Waals surface area contributed by atoms with Gasteiger partial charge in [0.15, 0.2) is 5.78 Å². The monoisotopic (exact) mass is 288 g/mol. The van der Waals surface area contributed by atoms with Gasteiger partial charge in [-0.05, 0) is 31.0 Å². The van der Waals surface area contributed by atoms with Crippen molar-refractivity contribution in [3.8, 4) is 0 Å². The van der Waals surface area contributed by atoms with Crippen LogP contribution in [0.2, 0.25) is 10.0 Å². The van der Waals surface area contributed by atoms with E-state index in [0.29, 0.717) is 34.9 Å². The predicted octanol–water partition coefficient (Wildman–Crippen LogP) is 4.21. The molecule has 0 aliphatic rings. The van der Waals surface area contributed by atoms with Crippen LogP contribution in [0.1, 0.15) is 42.5 Å². The third-order valence-corrected chi connectivity index (χ3v) is 3.28. The van der Waals surface area contributed by atoms with E-state index in [4.69, 9.17) is 28.3 Å². The van der Waals surface area contributed by atoms with Gasteiger partial charge in [0.25, 0.3) is 0 Å². The molecule has 0 unspecified atom stereocenters. The van der Waals surface area contributed by atoms with Gasteiger partial charge in [-0.2, -0.15) is 0 Å². The maximum atomic E-state index is 11.8. The topological polar surface area (TPSA) is 54.4 Å². The van der Waals surface area contributed by atoms with Crippen LogP contribution in [0.4, 0.5) is 0 Å². The highest BCUT2D eigenvalue weighted by Gasteiger charge is 2.08. The van der Waals surface area contributed by atoms with Gasteiger partial charge in [-0.1, -0.05) is 29.6 Å². The van der Waals surface area contributed by atoms with Crippen molar-refractivity contribution in [2.24, 2.45) is 0 Å². The molecule has 1 rings (SSSR count). The number of carbonyl (C=O) groups is 2. The van der Waals surface area contributed by atoms with Crippen LogP contribution in [-0.2, 0) is 4.79 Å². The number of carboxylic acid groups (broad SMARTS) is 1. The fourth-order valence-electron chi connectivity index (χ4n) is 1.55. The van der Waals surface area contributed by atoms with E-state index in [1.807, 2.05) is 0 Å². The van der Waals surface area contributed by atoms with Crippen molar-refractivity contribution in [3.63, 3.8) is 0 Å². The summed E-state index contributed by atoms with van der Waals surface area (Å²) in [6.07, 6.45) is 2.58. The largest absolute Gasteiger partial charge is 0.481 e. The zero-order valence-electron chi connectivity index (χ0n) is 9.79. The minimum Gasteiger partial charge on any atom is -0.481 e. The molecule has 0 saturated carbocycles. The van der Waals surface area contributed by atoms with Crippen LogP contribution in [0.25, 0.3) is 0 Å². The lowest BCUT2D eigenvalue weighted by Gasteiger charge is -2.02. The van der Waals surface area contributed by atoms with Gasteiger partial charge in [0.05, 0.1) is 10.0 Å². The number of carbonyl (C=O) groups excluding carboxylic acids is 1. The SMILES string of the molecule is O=C(O)CCCCCC(=O)c1ccc(Cl)c(Cl)c1. The Bertz CT molecular complexity index is 444. The maximum Gasteiger partial charge on any atom is 0.303 e. The standard InChI is InChI=1S/C13H14Cl2O3/c14-10-7-6-9(8-11(10)15)12(16)4-2-1-3-5-13(17)18/h6-8H,1-5H2,(H,17,18). The molecular formula is C13H14Cl2O3. The number of aliphatic carboxylic acids is 1. The Hall–Kier alpha value is -1.06. The normalized spacial score (nSPS) is 10.3. The van der Waals surface area contributed by atoms with Crippen LogP contribution in [0, 0.1) is 0 Å². The second kappa shape index (κ2) is 7.39. The van der Waals surface area contributed by atoms with Gasteiger partial charge in [0.1, 0.15) is 0 Å². The molecule has 0 saturated heterocycles. The molecule has 0 aromatic heterocycles. The van der Waals surface area contributed by atoms with E-state index in [1.54, 1.807) is 18.2 Å². The summed E-state index contributed by atoms with van der Waals surface area (Å²) in [6, 6.07) is 4.80. The summed E-state index contributed by atoms with van der Waals surface area (Å²) in [6.45, 7) is 0. The van der Waals surface area contributed by atoms with E-state index in [-0.39, 0.29) is 12.2 Å². The van der Waals surface area contributed by atoms with Crippen LogP contribution in [0.3, 0.4) is 0 Å².